The Kier molecular flexibility index (Phi) is 3.63. The molecule has 0 spiro atoms. The van der Waals surface area contributed by atoms with Crippen LogP contribution in [0.3, 0.4) is 0 Å². The molecule has 1 aromatic heterocycles. The molecule has 1 fully saturated rings. The zero-order valence-electron chi connectivity index (χ0n) is 8.80. The summed E-state index contributed by atoms with van der Waals surface area (Å²) in [4.78, 5) is 10.2. The summed E-state index contributed by atoms with van der Waals surface area (Å²) in [5, 5.41) is 18.4. The van der Waals surface area contributed by atoms with Crippen LogP contribution in [0, 0.1) is 0 Å². The van der Waals surface area contributed by atoms with Gasteiger partial charge < -0.3 is 14.9 Å². The van der Waals surface area contributed by atoms with Gasteiger partial charge in [-0.25, -0.2) is 9.97 Å². The van der Waals surface area contributed by atoms with Crippen molar-refractivity contribution in [2.75, 3.05) is 18.0 Å². The van der Waals surface area contributed by atoms with Crippen molar-refractivity contribution in [1.29, 1.82) is 0 Å². The molecule has 16 heavy (non-hydrogen) atoms. The van der Waals surface area contributed by atoms with E-state index in [0.717, 1.165) is 25.9 Å². The zero-order chi connectivity index (χ0) is 11.5. The average Bonchev–Trinajstić information content (AvgIpc) is 2.29. The van der Waals surface area contributed by atoms with E-state index in [2.05, 4.69) is 9.97 Å². The fourth-order valence-corrected chi connectivity index (χ4v) is 1.98. The zero-order valence-corrected chi connectivity index (χ0v) is 9.56. The van der Waals surface area contributed by atoms with Crippen molar-refractivity contribution in [2.45, 2.75) is 19.3 Å². The highest BCUT2D eigenvalue weighted by Gasteiger charge is 2.19. The first kappa shape index (κ1) is 11.6. The van der Waals surface area contributed by atoms with E-state index in [4.69, 9.17) is 21.6 Å². The summed E-state index contributed by atoms with van der Waals surface area (Å²) in [6, 6.07) is 1.36. The minimum absolute atomic E-state index is 0.139. The van der Waals surface area contributed by atoms with Crippen LogP contribution in [0.25, 0.3) is 0 Å². The third-order valence-corrected chi connectivity index (χ3v) is 2.80. The van der Waals surface area contributed by atoms with Crippen molar-refractivity contribution < 1.29 is 10.0 Å². The van der Waals surface area contributed by atoms with Crippen molar-refractivity contribution in [1.82, 2.24) is 9.97 Å². The molecule has 0 atom stereocenters. The highest BCUT2D eigenvalue weighted by molar-refractivity contribution is 6.57. The first-order valence-corrected chi connectivity index (χ1v) is 5.70. The van der Waals surface area contributed by atoms with Crippen LogP contribution in [0.1, 0.15) is 19.3 Å². The number of halogens is 1. The van der Waals surface area contributed by atoms with Gasteiger partial charge in [0.05, 0.1) is 5.59 Å². The molecular formula is C9H13BClN3O2. The summed E-state index contributed by atoms with van der Waals surface area (Å²) in [6.07, 6.45) is 3.42. The van der Waals surface area contributed by atoms with Crippen LogP contribution in [0.15, 0.2) is 6.07 Å². The summed E-state index contributed by atoms with van der Waals surface area (Å²) in [5.74, 6) is 0.482. The van der Waals surface area contributed by atoms with Crippen LogP contribution < -0.4 is 10.5 Å². The maximum absolute atomic E-state index is 9.06. The quantitative estimate of drug-likeness (QED) is 0.554. The minimum atomic E-state index is -1.61. The third-order valence-electron chi connectivity index (χ3n) is 2.61. The monoisotopic (exact) mass is 241 g/mol. The van der Waals surface area contributed by atoms with Crippen LogP contribution in [-0.4, -0.2) is 40.2 Å². The predicted molar refractivity (Wildman–Crippen MR) is 62.9 cm³/mol. The maximum Gasteiger partial charge on any atom is 0.508 e. The Hall–Kier alpha value is -0.845. The SMILES string of the molecule is OB(O)c1cc(Cl)nc(N2CCCCC2)n1. The third kappa shape index (κ3) is 2.64. The van der Waals surface area contributed by atoms with E-state index in [1.807, 2.05) is 4.90 Å². The molecule has 0 aromatic carbocycles. The van der Waals surface area contributed by atoms with Gasteiger partial charge in [-0.15, -0.1) is 0 Å². The lowest BCUT2D eigenvalue weighted by molar-refractivity contribution is 0.424. The molecule has 1 aliphatic rings. The van der Waals surface area contributed by atoms with Gasteiger partial charge in [-0.05, 0) is 25.3 Å². The molecule has 2 heterocycles. The molecule has 0 radical (unpaired) electrons. The Bertz CT molecular complexity index is 372. The fraction of sp³-hybridized carbons (Fsp3) is 0.556. The summed E-state index contributed by atoms with van der Waals surface area (Å²) in [5.41, 5.74) is 0.139. The molecule has 1 aliphatic heterocycles. The summed E-state index contributed by atoms with van der Waals surface area (Å²) >= 11 is 5.81. The Morgan fingerprint density at radius 2 is 1.88 bits per heavy atom. The summed E-state index contributed by atoms with van der Waals surface area (Å²) in [6.45, 7) is 1.78. The first-order valence-electron chi connectivity index (χ1n) is 5.32. The number of aromatic nitrogens is 2. The smallest absolute Gasteiger partial charge is 0.422 e. The van der Waals surface area contributed by atoms with E-state index in [-0.39, 0.29) is 10.7 Å². The lowest BCUT2D eigenvalue weighted by Crippen LogP contribution is -2.37. The second kappa shape index (κ2) is 4.99. The van der Waals surface area contributed by atoms with Crippen LogP contribution in [-0.2, 0) is 0 Å². The normalized spacial score (nSPS) is 16.3. The first-order chi connectivity index (χ1) is 7.66. The molecule has 0 saturated carbocycles. The molecule has 1 aromatic rings. The minimum Gasteiger partial charge on any atom is -0.422 e. The second-order valence-corrected chi connectivity index (χ2v) is 4.22. The fourth-order valence-electron chi connectivity index (χ4n) is 1.79. The summed E-state index contributed by atoms with van der Waals surface area (Å²) in [7, 11) is -1.61. The van der Waals surface area contributed by atoms with Crippen LogP contribution in [0.2, 0.25) is 5.15 Å². The van der Waals surface area contributed by atoms with Gasteiger partial charge in [-0.2, -0.15) is 0 Å². The van der Waals surface area contributed by atoms with E-state index in [9.17, 15) is 0 Å². The van der Waals surface area contributed by atoms with Gasteiger partial charge in [0.1, 0.15) is 5.15 Å². The largest absolute Gasteiger partial charge is 0.508 e. The highest BCUT2D eigenvalue weighted by Crippen LogP contribution is 2.16. The standard InChI is InChI=1S/C9H13BClN3O2/c11-8-6-7(10(15)16)12-9(13-8)14-4-2-1-3-5-14/h6,15-16H,1-5H2. The van der Waals surface area contributed by atoms with Crippen LogP contribution in [0.5, 0.6) is 0 Å². The Morgan fingerprint density at radius 3 is 2.50 bits per heavy atom. The lowest BCUT2D eigenvalue weighted by Gasteiger charge is -2.26. The second-order valence-electron chi connectivity index (χ2n) is 3.84. The molecule has 2 rings (SSSR count). The van der Waals surface area contributed by atoms with E-state index < -0.39 is 7.12 Å². The molecule has 1 saturated heterocycles. The van der Waals surface area contributed by atoms with E-state index >= 15 is 0 Å². The molecule has 0 aliphatic carbocycles. The number of hydrogen-bond acceptors (Lipinski definition) is 5. The number of nitrogens with zero attached hydrogens (tertiary/aromatic N) is 3. The molecule has 0 amide bonds. The van der Waals surface area contributed by atoms with E-state index in [1.165, 1.54) is 12.5 Å². The Labute approximate surface area is 99.2 Å². The Balaban J connectivity index is 2.25. The lowest BCUT2D eigenvalue weighted by atomic mass is 9.86. The van der Waals surface area contributed by atoms with Crippen molar-refractivity contribution in [2.24, 2.45) is 0 Å². The van der Waals surface area contributed by atoms with Crippen LogP contribution >= 0.6 is 11.6 Å². The van der Waals surface area contributed by atoms with Crippen molar-refractivity contribution >= 4 is 30.3 Å². The summed E-state index contributed by atoms with van der Waals surface area (Å²) < 4.78 is 0. The van der Waals surface area contributed by atoms with Crippen molar-refractivity contribution in [3.63, 3.8) is 0 Å². The Morgan fingerprint density at radius 1 is 1.19 bits per heavy atom. The highest BCUT2D eigenvalue weighted by atomic mass is 35.5. The van der Waals surface area contributed by atoms with Crippen molar-refractivity contribution in [3.8, 4) is 0 Å². The molecule has 2 N–H and O–H groups in total. The van der Waals surface area contributed by atoms with Crippen LogP contribution in [0.4, 0.5) is 5.95 Å². The molecule has 5 nitrogen and oxygen atoms in total. The van der Waals surface area contributed by atoms with Crippen molar-refractivity contribution in [3.05, 3.63) is 11.2 Å². The average molecular weight is 241 g/mol. The predicted octanol–water partition coefficient (Wildman–Crippen LogP) is -0.200. The molecular weight excluding hydrogens is 228 g/mol. The van der Waals surface area contributed by atoms with Gasteiger partial charge in [0.15, 0.2) is 0 Å². The van der Waals surface area contributed by atoms with Gasteiger partial charge in [0.2, 0.25) is 5.95 Å². The number of hydrogen-bond donors (Lipinski definition) is 2. The number of anilines is 1. The number of piperidine rings is 1. The molecule has 0 bridgehead atoms. The van der Waals surface area contributed by atoms with E-state index in [1.54, 1.807) is 0 Å². The number of rotatable bonds is 2. The maximum atomic E-state index is 9.06. The van der Waals surface area contributed by atoms with Gasteiger partial charge in [-0.3, -0.25) is 0 Å². The van der Waals surface area contributed by atoms with Gasteiger partial charge in [0, 0.05) is 13.1 Å². The van der Waals surface area contributed by atoms with Gasteiger partial charge >= 0.3 is 7.12 Å². The van der Waals surface area contributed by atoms with Gasteiger partial charge in [0.25, 0.3) is 0 Å². The van der Waals surface area contributed by atoms with E-state index in [0.29, 0.717) is 5.95 Å². The van der Waals surface area contributed by atoms with Gasteiger partial charge in [-0.1, -0.05) is 11.6 Å². The molecule has 86 valence electrons. The molecule has 0 unspecified atom stereocenters. The topological polar surface area (TPSA) is 69.5 Å². The molecule has 7 heteroatoms.